The Morgan fingerprint density at radius 1 is 0.884 bits per heavy atom. The lowest BCUT2D eigenvalue weighted by Crippen LogP contribution is -2.34. The molecule has 43 heavy (non-hydrogen) atoms. The summed E-state index contributed by atoms with van der Waals surface area (Å²) in [6.07, 6.45) is -6.79. The molecular weight excluding hydrogens is 600 g/mol. The molecule has 226 valence electrons. The summed E-state index contributed by atoms with van der Waals surface area (Å²) in [6.45, 7) is 0.445. The van der Waals surface area contributed by atoms with Gasteiger partial charge in [0, 0.05) is 17.7 Å². The lowest BCUT2D eigenvalue weighted by molar-refractivity contribution is -0.290. The monoisotopic (exact) mass is 617 g/mol. The van der Waals surface area contributed by atoms with Crippen LogP contribution < -0.4 is 0 Å². The van der Waals surface area contributed by atoms with Crippen LogP contribution in [-0.2, 0) is 16.8 Å². The predicted octanol–water partition coefficient (Wildman–Crippen LogP) is 8.06. The van der Waals surface area contributed by atoms with E-state index in [1.54, 1.807) is 0 Å². The van der Waals surface area contributed by atoms with E-state index >= 15 is 4.39 Å². The summed E-state index contributed by atoms with van der Waals surface area (Å²) in [6, 6.07) is 3.64. The average molecular weight is 617 g/mol. The van der Waals surface area contributed by atoms with E-state index in [2.05, 4.69) is 15.1 Å². The first-order valence-electron chi connectivity index (χ1n) is 12.7. The van der Waals surface area contributed by atoms with E-state index in [4.69, 9.17) is 4.74 Å². The SMILES string of the molecule is Fc1ccc(-c2cncc3nc(C(F)(F)F)c(-c4ccc5c(cnn5C5CCCCO5)c4F)n23)cc1C(F)(F)C(F)(F)F. The van der Waals surface area contributed by atoms with Gasteiger partial charge in [0.15, 0.2) is 17.6 Å². The van der Waals surface area contributed by atoms with Gasteiger partial charge in [-0.15, -0.1) is 0 Å². The minimum atomic E-state index is -6.17. The van der Waals surface area contributed by atoms with E-state index in [1.165, 1.54) is 10.7 Å². The zero-order valence-electron chi connectivity index (χ0n) is 21.4. The molecular formula is C27H17F10N5O. The quantitative estimate of drug-likeness (QED) is 0.192. The second-order valence-corrected chi connectivity index (χ2v) is 9.83. The van der Waals surface area contributed by atoms with Crippen LogP contribution >= 0.6 is 0 Å². The van der Waals surface area contributed by atoms with Crippen LogP contribution in [0.3, 0.4) is 0 Å². The van der Waals surface area contributed by atoms with E-state index in [0.29, 0.717) is 19.1 Å². The smallest absolute Gasteiger partial charge is 0.356 e. The maximum absolute atomic E-state index is 16.1. The Bertz CT molecular complexity index is 1850. The van der Waals surface area contributed by atoms with Crippen LogP contribution in [-0.4, -0.2) is 36.9 Å². The largest absolute Gasteiger partial charge is 0.458 e. The Balaban J connectivity index is 1.60. The van der Waals surface area contributed by atoms with E-state index in [0.717, 1.165) is 48.0 Å². The van der Waals surface area contributed by atoms with Crippen molar-refractivity contribution in [1.29, 1.82) is 0 Å². The maximum Gasteiger partial charge on any atom is 0.458 e. The third-order valence-corrected chi connectivity index (χ3v) is 7.15. The first-order chi connectivity index (χ1) is 20.2. The first-order valence-corrected chi connectivity index (χ1v) is 12.7. The third kappa shape index (κ3) is 4.67. The van der Waals surface area contributed by atoms with Crippen LogP contribution in [0, 0.1) is 11.6 Å². The van der Waals surface area contributed by atoms with Crippen molar-refractivity contribution in [2.24, 2.45) is 0 Å². The van der Waals surface area contributed by atoms with Gasteiger partial charge >= 0.3 is 18.3 Å². The first kappa shape index (κ1) is 28.9. The van der Waals surface area contributed by atoms with Crippen molar-refractivity contribution in [3.05, 3.63) is 71.8 Å². The minimum Gasteiger partial charge on any atom is -0.356 e. The molecule has 1 atom stereocenters. The second-order valence-electron chi connectivity index (χ2n) is 9.83. The standard InChI is InChI=1S/C27H17F10N5O/c28-17-6-4-13(9-16(17)25(30,31)27(35,36)37)19-11-38-12-20-40-24(26(32,33)34)23(41(19)20)14-5-7-18-15(22(14)29)10-39-42(18)21-3-1-2-8-43-21/h4-7,9-12,21H,1-3,8H2. The van der Waals surface area contributed by atoms with Crippen molar-refractivity contribution in [3.8, 4) is 22.5 Å². The highest BCUT2D eigenvalue weighted by molar-refractivity contribution is 5.87. The fourth-order valence-electron chi connectivity index (χ4n) is 5.14. The van der Waals surface area contributed by atoms with Gasteiger partial charge in [-0.25, -0.2) is 18.4 Å². The highest BCUT2D eigenvalue weighted by Crippen LogP contribution is 2.46. The lowest BCUT2D eigenvalue weighted by Gasteiger charge is -2.23. The number of aromatic nitrogens is 5. The number of hydrogen-bond acceptors (Lipinski definition) is 4. The van der Waals surface area contributed by atoms with Gasteiger partial charge in [0.1, 0.15) is 11.6 Å². The Labute approximate surface area is 234 Å². The summed E-state index contributed by atoms with van der Waals surface area (Å²) in [5.74, 6) is -8.66. The van der Waals surface area contributed by atoms with Gasteiger partial charge in [0.05, 0.1) is 46.4 Å². The average Bonchev–Trinajstić information content (AvgIpc) is 3.56. The molecule has 0 amide bonds. The summed E-state index contributed by atoms with van der Waals surface area (Å²) in [5, 5.41) is 4.01. The summed E-state index contributed by atoms with van der Waals surface area (Å²) < 4.78 is 148. The molecule has 6 nitrogen and oxygen atoms in total. The number of fused-ring (bicyclic) bond motifs is 2. The molecule has 3 aromatic heterocycles. The zero-order valence-corrected chi connectivity index (χ0v) is 21.4. The van der Waals surface area contributed by atoms with Gasteiger partial charge < -0.3 is 4.74 Å². The van der Waals surface area contributed by atoms with Crippen molar-refractivity contribution >= 4 is 16.6 Å². The number of benzene rings is 2. The summed E-state index contributed by atoms with van der Waals surface area (Å²) in [5.41, 5.74) is -6.48. The Kier molecular flexibility index (Phi) is 6.67. The fourth-order valence-corrected chi connectivity index (χ4v) is 5.14. The van der Waals surface area contributed by atoms with Crippen molar-refractivity contribution in [2.45, 2.75) is 43.8 Å². The molecule has 4 heterocycles. The molecule has 1 fully saturated rings. The second kappa shape index (κ2) is 9.92. The normalized spacial score (nSPS) is 16.8. The maximum atomic E-state index is 16.1. The minimum absolute atomic E-state index is 0.153. The number of imidazole rings is 1. The molecule has 6 rings (SSSR count). The number of halogens is 10. The van der Waals surface area contributed by atoms with Crippen molar-refractivity contribution in [3.63, 3.8) is 0 Å². The molecule has 1 saturated heterocycles. The van der Waals surface area contributed by atoms with E-state index in [1.807, 2.05) is 0 Å². The summed E-state index contributed by atoms with van der Waals surface area (Å²) in [7, 11) is 0. The summed E-state index contributed by atoms with van der Waals surface area (Å²) >= 11 is 0. The number of hydrogen-bond donors (Lipinski definition) is 0. The van der Waals surface area contributed by atoms with Gasteiger partial charge in [-0.1, -0.05) is 0 Å². The Morgan fingerprint density at radius 3 is 2.33 bits per heavy atom. The number of alkyl halides is 8. The number of ether oxygens (including phenoxy) is 1. The van der Waals surface area contributed by atoms with E-state index < -0.39 is 75.6 Å². The fraction of sp³-hybridized carbons (Fsp3) is 0.296. The number of rotatable bonds is 4. The molecule has 0 radical (unpaired) electrons. The highest BCUT2D eigenvalue weighted by atomic mass is 19.4. The molecule has 1 aliphatic rings. The highest BCUT2D eigenvalue weighted by Gasteiger charge is 2.60. The molecule has 2 aromatic carbocycles. The van der Waals surface area contributed by atoms with Gasteiger partial charge in [-0.05, 0) is 49.6 Å². The molecule has 16 heteroatoms. The van der Waals surface area contributed by atoms with Crippen LogP contribution in [0.15, 0.2) is 48.9 Å². The number of nitrogens with zero attached hydrogens (tertiary/aromatic N) is 5. The van der Waals surface area contributed by atoms with Crippen LogP contribution in [0.2, 0.25) is 0 Å². The molecule has 0 bridgehead atoms. The van der Waals surface area contributed by atoms with Gasteiger partial charge in [0.2, 0.25) is 0 Å². The predicted molar refractivity (Wildman–Crippen MR) is 131 cm³/mol. The van der Waals surface area contributed by atoms with Gasteiger partial charge in [-0.2, -0.15) is 40.2 Å². The zero-order chi connectivity index (χ0) is 30.9. The third-order valence-electron chi connectivity index (χ3n) is 7.15. The van der Waals surface area contributed by atoms with Gasteiger partial charge in [-0.3, -0.25) is 9.38 Å². The molecule has 5 aromatic rings. The molecule has 1 aliphatic heterocycles. The molecule has 0 N–H and O–H groups in total. The Hall–Kier alpha value is -4.21. The van der Waals surface area contributed by atoms with Crippen LogP contribution in [0.1, 0.15) is 36.7 Å². The summed E-state index contributed by atoms with van der Waals surface area (Å²) in [4.78, 5) is 7.27. The van der Waals surface area contributed by atoms with Crippen molar-refractivity contribution in [2.75, 3.05) is 6.61 Å². The van der Waals surface area contributed by atoms with Crippen LogP contribution in [0.25, 0.3) is 39.1 Å². The van der Waals surface area contributed by atoms with E-state index in [-0.39, 0.29) is 17.0 Å². The molecule has 0 saturated carbocycles. The lowest BCUT2D eigenvalue weighted by atomic mass is 10.0. The van der Waals surface area contributed by atoms with Crippen LogP contribution in [0.4, 0.5) is 43.9 Å². The molecule has 0 aliphatic carbocycles. The Morgan fingerprint density at radius 2 is 1.65 bits per heavy atom. The van der Waals surface area contributed by atoms with E-state index in [9.17, 15) is 39.5 Å². The van der Waals surface area contributed by atoms with Gasteiger partial charge in [0.25, 0.3) is 0 Å². The van der Waals surface area contributed by atoms with Crippen LogP contribution in [0.5, 0.6) is 0 Å². The van der Waals surface area contributed by atoms with Crippen molar-refractivity contribution in [1.82, 2.24) is 24.1 Å². The molecule has 0 spiro atoms. The topological polar surface area (TPSA) is 57.2 Å². The molecule has 1 unspecified atom stereocenters. The van der Waals surface area contributed by atoms with Crippen molar-refractivity contribution < 1.29 is 48.6 Å².